The van der Waals surface area contributed by atoms with Crippen LogP contribution < -0.4 is 0 Å². The summed E-state index contributed by atoms with van der Waals surface area (Å²) in [6, 6.07) is 9.70. The van der Waals surface area contributed by atoms with Crippen molar-refractivity contribution in [1.82, 2.24) is 9.78 Å². The summed E-state index contributed by atoms with van der Waals surface area (Å²) in [4.78, 5) is 0. The SMILES string of the molecule is CCc1ccnn1-c1ccc(Cl)cc1. The molecule has 1 heterocycles. The second kappa shape index (κ2) is 3.84. The zero-order chi connectivity index (χ0) is 9.97. The van der Waals surface area contributed by atoms with Gasteiger partial charge in [0.2, 0.25) is 0 Å². The molecule has 0 aliphatic rings. The highest BCUT2D eigenvalue weighted by Gasteiger charge is 2.01. The number of hydrogen-bond acceptors (Lipinski definition) is 1. The van der Waals surface area contributed by atoms with E-state index in [9.17, 15) is 0 Å². The number of benzene rings is 1. The van der Waals surface area contributed by atoms with Gasteiger partial charge in [-0.25, -0.2) is 4.68 Å². The molecule has 3 heteroatoms. The molecular formula is C11H11ClN2. The van der Waals surface area contributed by atoms with Gasteiger partial charge in [0.1, 0.15) is 0 Å². The molecule has 14 heavy (non-hydrogen) atoms. The highest BCUT2D eigenvalue weighted by atomic mass is 35.5. The Bertz CT molecular complexity index is 417. The summed E-state index contributed by atoms with van der Waals surface area (Å²) < 4.78 is 1.93. The third-order valence-electron chi connectivity index (χ3n) is 2.15. The van der Waals surface area contributed by atoms with Crippen LogP contribution in [0, 0.1) is 0 Å². The number of halogens is 1. The van der Waals surface area contributed by atoms with Crippen LogP contribution in [0.1, 0.15) is 12.6 Å². The Balaban J connectivity index is 2.44. The predicted octanol–water partition coefficient (Wildman–Crippen LogP) is 3.09. The summed E-state index contributed by atoms with van der Waals surface area (Å²) >= 11 is 5.82. The van der Waals surface area contributed by atoms with E-state index in [2.05, 4.69) is 12.0 Å². The molecule has 0 saturated heterocycles. The molecule has 0 N–H and O–H groups in total. The second-order valence-corrected chi connectivity index (χ2v) is 3.50. The summed E-state index contributed by atoms with van der Waals surface area (Å²) in [5.41, 5.74) is 2.25. The molecule has 0 fully saturated rings. The molecule has 1 aromatic carbocycles. The lowest BCUT2D eigenvalue weighted by molar-refractivity contribution is 0.814. The van der Waals surface area contributed by atoms with Gasteiger partial charge < -0.3 is 0 Å². The van der Waals surface area contributed by atoms with Crippen molar-refractivity contribution in [3.63, 3.8) is 0 Å². The molecule has 0 aliphatic heterocycles. The van der Waals surface area contributed by atoms with Crippen molar-refractivity contribution in [3.8, 4) is 5.69 Å². The molecule has 0 bridgehead atoms. The van der Waals surface area contributed by atoms with E-state index in [4.69, 9.17) is 11.6 Å². The first kappa shape index (κ1) is 9.28. The minimum Gasteiger partial charge on any atom is -0.238 e. The lowest BCUT2D eigenvalue weighted by Gasteiger charge is -2.05. The molecule has 0 atom stereocenters. The first-order valence-electron chi connectivity index (χ1n) is 4.60. The van der Waals surface area contributed by atoms with Gasteiger partial charge in [0.05, 0.1) is 5.69 Å². The van der Waals surface area contributed by atoms with Gasteiger partial charge in [-0.2, -0.15) is 5.10 Å². The van der Waals surface area contributed by atoms with Crippen LogP contribution in [0.2, 0.25) is 5.02 Å². The highest BCUT2D eigenvalue weighted by Crippen LogP contribution is 2.14. The average Bonchev–Trinajstić information content (AvgIpc) is 2.67. The van der Waals surface area contributed by atoms with E-state index >= 15 is 0 Å². The number of aryl methyl sites for hydroxylation is 1. The number of aromatic nitrogens is 2. The fourth-order valence-electron chi connectivity index (χ4n) is 1.41. The lowest BCUT2D eigenvalue weighted by atomic mass is 10.3. The topological polar surface area (TPSA) is 17.8 Å². The van der Waals surface area contributed by atoms with Crippen molar-refractivity contribution in [3.05, 3.63) is 47.2 Å². The Labute approximate surface area is 88.1 Å². The predicted molar refractivity (Wildman–Crippen MR) is 58.0 cm³/mol. The number of rotatable bonds is 2. The van der Waals surface area contributed by atoms with E-state index in [0.717, 1.165) is 17.1 Å². The Kier molecular flexibility index (Phi) is 2.55. The minimum absolute atomic E-state index is 0.749. The lowest BCUT2D eigenvalue weighted by Crippen LogP contribution is -2.00. The van der Waals surface area contributed by atoms with E-state index < -0.39 is 0 Å². The summed E-state index contributed by atoms with van der Waals surface area (Å²) in [5.74, 6) is 0. The number of nitrogens with zero attached hydrogens (tertiary/aromatic N) is 2. The minimum atomic E-state index is 0.749. The van der Waals surface area contributed by atoms with Crippen molar-refractivity contribution < 1.29 is 0 Å². The van der Waals surface area contributed by atoms with Crippen LogP contribution in [-0.4, -0.2) is 9.78 Å². The quantitative estimate of drug-likeness (QED) is 0.739. The maximum atomic E-state index is 5.82. The van der Waals surface area contributed by atoms with Crippen molar-refractivity contribution in [2.75, 3.05) is 0 Å². The Morgan fingerprint density at radius 3 is 2.57 bits per heavy atom. The van der Waals surface area contributed by atoms with Gasteiger partial charge in [-0.15, -0.1) is 0 Å². The van der Waals surface area contributed by atoms with Gasteiger partial charge in [0, 0.05) is 16.9 Å². The molecule has 0 saturated carbocycles. The van der Waals surface area contributed by atoms with Gasteiger partial charge in [0.25, 0.3) is 0 Å². The fourth-order valence-corrected chi connectivity index (χ4v) is 1.54. The van der Waals surface area contributed by atoms with Crippen LogP contribution in [0.25, 0.3) is 5.69 Å². The van der Waals surface area contributed by atoms with E-state index in [1.807, 2.05) is 41.2 Å². The van der Waals surface area contributed by atoms with E-state index in [1.165, 1.54) is 5.69 Å². The highest BCUT2D eigenvalue weighted by molar-refractivity contribution is 6.30. The maximum absolute atomic E-state index is 5.82. The summed E-state index contributed by atoms with van der Waals surface area (Å²) in [6.07, 6.45) is 2.79. The number of hydrogen-bond donors (Lipinski definition) is 0. The van der Waals surface area contributed by atoms with E-state index in [-0.39, 0.29) is 0 Å². The van der Waals surface area contributed by atoms with E-state index in [0.29, 0.717) is 0 Å². The maximum Gasteiger partial charge on any atom is 0.0649 e. The third-order valence-corrected chi connectivity index (χ3v) is 2.41. The molecule has 0 radical (unpaired) electrons. The average molecular weight is 207 g/mol. The largest absolute Gasteiger partial charge is 0.238 e. The summed E-state index contributed by atoms with van der Waals surface area (Å²) in [5, 5.41) is 5.01. The molecule has 2 nitrogen and oxygen atoms in total. The van der Waals surface area contributed by atoms with Gasteiger partial charge in [-0.3, -0.25) is 0 Å². The molecule has 0 aliphatic carbocycles. The Hall–Kier alpha value is -1.28. The van der Waals surface area contributed by atoms with Gasteiger partial charge in [0.15, 0.2) is 0 Å². The third kappa shape index (κ3) is 1.66. The van der Waals surface area contributed by atoms with Crippen molar-refractivity contribution in [1.29, 1.82) is 0 Å². The molecule has 1 aromatic heterocycles. The van der Waals surface area contributed by atoms with Crippen LogP contribution in [0.3, 0.4) is 0 Å². The van der Waals surface area contributed by atoms with Gasteiger partial charge >= 0.3 is 0 Å². The second-order valence-electron chi connectivity index (χ2n) is 3.06. The zero-order valence-electron chi connectivity index (χ0n) is 7.94. The van der Waals surface area contributed by atoms with Gasteiger partial charge in [-0.05, 0) is 36.8 Å². The molecule has 72 valence electrons. The molecule has 0 spiro atoms. The van der Waals surface area contributed by atoms with Crippen LogP contribution in [0.5, 0.6) is 0 Å². The molecular weight excluding hydrogens is 196 g/mol. The van der Waals surface area contributed by atoms with Crippen molar-refractivity contribution >= 4 is 11.6 Å². The first-order valence-corrected chi connectivity index (χ1v) is 4.98. The smallest absolute Gasteiger partial charge is 0.0649 e. The Morgan fingerprint density at radius 2 is 1.93 bits per heavy atom. The summed E-state index contributed by atoms with van der Waals surface area (Å²) in [6.45, 7) is 2.11. The molecule has 2 rings (SSSR count). The monoisotopic (exact) mass is 206 g/mol. The van der Waals surface area contributed by atoms with Crippen LogP contribution in [0.15, 0.2) is 36.5 Å². The van der Waals surface area contributed by atoms with Crippen molar-refractivity contribution in [2.24, 2.45) is 0 Å². The summed E-state index contributed by atoms with van der Waals surface area (Å²) in [7, 11) is 0. The Morgan fingerprint density at radius 1 is 1.21 bits per heavy atom. The van der Waals surface area contributed by atoms with E-state index in [1.54, 1.807) is 0 Å². The molecule has 0 unspecified atom stereocenters. The van der Waals surface area contributed by atoms with Crippen molar-refractivity contribution in [2.45, 2.75) is 13.3 Å². The molecule has 0 amide bonds. The fraction of sp³-hybridized carbons (Fsp3) is 0.182. The molecule has 2 aromatic rings. The standard InChI is InChI=1S/C11H11ClN2/c1-2-10-7-8-13-14(10)11-5-3-9(12)4-6-11/h3-8H,2H2,1H3. The zero-order valence-corrected chi connectivity index (χ0v) is 8.70. The normalized spacial score (nSPS) is 10.4. The van der Waals surface area contributed by atoms with Crippen LogP contribution >= 0.6 is 11.6 Å². The van der Waals surface area contributed by atoms with Crippen LogP contribution in [-0.2, 0) is 6.42 Å². The van der Waals surface area contributed by atoms with Gasteiger partial charge in [-0.1, -0.05) is 18.5 Å². The van der Waals surface area contributed by atoms with Crippen LogP contribution in [0.4, 0.5) is 0 Å². The first-order chi connectivity index (χ1) is 6.81.